The minimum atomic E-state index is -0.0517. The van der Waals surface area contributed by atoms with E-state index in [9.17, 15) is 4.79 Å². The average molecular weight is 225 g/mol. The van der Waals surface area contributed by atoms with Crippen molar-refractivity contribution in [2.75, 3.05) is 6.61 Å². The molecule has 0 radical (unpaired) electrons. The summed E-state index contributed by atoms with van der Waals surface area (Å²) in [7, 11) is 0. The predicted molar refractivity (Wildman–Crippen MR) is 60.4 cm³/mol. The molecule has 0 amide bonds. The van der Waals surface area contributed by atoms with Gasteiger partial charge in [0, 0.05) is 6.92 Å². The van der Waals surface area contributed by atoms with E-state index >= 15 is 0 Å². The maximum absolute atomic E-state index is 10.9. The highest BCUT2D eigenvalue weighted by molar-refractivity contribution is 6.37. The van der Waals surface area contributed by atoms with Crippen molar-refractivity contribution in [3.05, 3.63) is 0 Å². The molecule has 4 heteroatoms. The number of oxime groups is 1. The van der Waals surface area contributed by atoms with Gasteiger partial charge in [-0.05, 0) is 32.1 Å². The number of hydrogen-bond donors (Lipinski definition) is 0. The molecular formula is C12H19NO3. The van der Waals surface area contributed by atoms with Crippen LogP contribution in [0.25, 0.3) is 0 Å². The number of fused-ring (bicyclic) bond motifs is 1. The average Bonchev–Trinajstić information content (AvgIpc) is 2.77. The molecule has 90 valence electrons. The number of ether oxygens (including phenoxy) is 1. The molecule has 3 unspecified atom stereocenters. The Kier molecular flexibility index (Phi) is 3.59. The first-order valence-electron chi connectivity index (χ1n) is 5.99. The molecule has 2 aliphatic rings. The van der Waals surface area contributed by atoms with Gasteiger partial charge < -0.3 is 9.57 Å². The standard InChI is InChI=1S/C12H19NO3/c1-8(9(2)14)13-15-7-11-6-10-4-3-5-12(10)16-11/h10-12H,3-7H2,1-2H3. The Balaban J connectivity index is 1.72. The van der Waals surface area contributed by atoms with E-state index in [1.165, 1.54) is 26.2 Å². The topological polar surface area (TPSA) is 47.9 Å². The normalized spacial score (nSPS) is 33.9. The maximum Gasteiger partial charge on any atom is 0.177 e. The summed E-state index contributed by atoms with van der Waals surface area (Å²) in [6, 6.07) is 0. The molecule has 1 aliphatic carbocycles. The molecule has 3 atom stereocenters. The molecule has 0 aromatic heterocycles. The second kappa shape index (κ2) is 4.95. The summed E-state index contributed by atoms with van der Waals surface area (Å²) in [6.07, 6.45) is 5.47. The number of carbonyl (C=O) groups is 1. The lowest BCUT2D eigenvalue weighted by Gasteiger charge is -2.10. The summed E-state index contributed by atoms with van der Waals surface area (Å²) in [5.41, 5.74) is 0.415. The van der Waals surface area contributed by atoms with E-state index in [4.69, 9.17) is 9.57 Å². The van der Waals surface area contributed by atoms with E-state index in [2.05, 4.69) is 5.16 Å². The van der Waals surface area contributed by atoms with Gasteiger partial charge in [0.15, 0.2) is 5.78 Å². The lowest BCUT2D eigenvalue weighted by atomic mass is 10.0. The van der Waals surface area contributed by atoms with Gasteiger partial charge in [-0.3, -0.25) is 4.79 Å². The summed E-state index contributed by atoms with van der Waals surface area (Å²) in [4.78, 5) is 16.0. The Bertz CT molecular complexity index is 289. The lowest BCUT2D eigenvalue weighted by Crippen LogP contribution is -2.16. The molecule has 1 saturated carbocycles. The molecule has 0 aromatic carbocycles. The first kappa shape index (κ1) is 11.6. The summed E-state index contributed by atoms with van der Waals surface area (Å²) in [5, 5.41) is 3.77. The van der Waals surface area contributed by atoms with Crippen LogP contribution in [0, 0.1) is 5.92 Å². The van der Waals surface area contributed by atoms with Gasteiger partial charge in [-0.15, -0.1) is 0 Å². The van der Waals surface area contributed by atoms with E-state index in [1.54, 1.807) is 6.92 Å². The van der Waals surface area contributed by atoms with Crippen LogP contribution in [-0.2, 0) is 14.4 Å². The number of ketones is 1. The summed E-state index contributed by atoms with van der Waals surface area (Å²) < 4.78 is 5.85. The van der Waals surface area contributed by atoms with Crippen molar-refractivity contribution in [2.24, 2.45) is 11.1 Å². The van der Waals surface area contributed by atoms with Crippen molar-refractivity contribution in [1.29, 1.82) is 0 Å². The third kappa shape index (κ3) is 2.61. The Morgan fingerprint density at radius 3 is 2.94 bits per heavy atom. The molecule has 4 nitrogen and oxygen atoms in total. The fraction of sp³-hybridized carbons (Fsp3) is 0.833. The second-order valence-corrected chi connectivity index (χ2v) is 4.75. The summed E-state index contributed by atoms with van der Waals surface area (Å²) >= 11 is 0. The van der Waals surface area contributed by atoms with Gasteiger partial charge in [-0.1, -0.05) is 11.6 Å². The minimum absolute atomic E-state index is 0.0517. The fourth-order valence-electron chi connectivity index (χ4n) is 2.48. The van der Waals surface area contributed by atoms with Gasteiger partial charge in [0.25, 0.3) is 0 Å². The predicted octanol–water partition coefficient (Wildman–Crippen LogP) is 1.93. The Labute approximate surface area is 96.0 Å². The molecule has 0 aromatic rings. The first-order valence-corrected chi connectivity index (χ1v) is 5.99. The van der Waals surface area contributed by atoms with Gasteiger partial charge in [0.05, 0.1) is 12.2 Å². The van der Waals surface area contributed by atoms with Crippen LogP contribution in [0.3, 0.4) is 0 Å². The Hall–Kier alpha value is -0.900. The molecule has 2 fully saturated rings. The van der Waals surface area contributed by atoms with Crippen LogP contribution in [0.1, 0.15) is 39.5 Å². The van der Waals surface area contributed by atoms with Crippen molar-refractivity contribution < 1.29 is 14.4 Å². The second-order valence-electron chi connectivity index (χ2n) is 4.75. The number of hydrogen-bond acceptors (Lipinski definition) is 4. The van der Waals surface area contributed by atoms with Gasteiger partial charge in [-0.25, -0.2) is 0 Å². The zero-order valence-corrected chi connectivity index (χ0v) is 9.94. The van der Waals surface area contributed by atoms with Crippen molar-refractivity contribution in [1.82, 2.24) is 0 Å². The van der Waals surface area contributed by atoms with Crippen molar-refractivity contribution >= 4 is 11.5 Å². The monoisotopic (exact) mass is 225 g/mol. The highest BCUT2D eigenvalue weighted by Gasteiger charge is 2.38. The lowest BCUT2D eigenvalue weighted by molar-refractivity contribution is -0.111. The minimum Gasteiger partial charge on any atom is -0.393 e. The van der Waals surface area contributed by atoms with Crippen molar-refractivity contribution in [3.8, 4) is 0 Å². The van der Waals surface area contributed by atoms with E-state index < -0.39 is 0 Å². The number of carbonyl (C=O) groups excluding carboxylic acids is 1. The van der Waals surface area contributed by atoms with Crippen LogP contribution < -0.4 is 0 Å². The molecule has 0 N–H and O–H groups in total. The van der Waals surface area contributed by atoms with Crippen LogP contribution in [0.5, 0.6) is 0 Å². The third-order valence-corrected chi connectivity index (χ3v) is 3.49. The first-order chi connectivity index (χ1) is 7.66. The zero-order chi connectivity index (χ0) is 11.5. The SMILES string of the molecule is CC(=O)C(C)=NOCC1CC2CCCC2O1. The molecule has 16 heavy (non-hydrogen) atoms. The van der Waals surface area contributed by atoms with E-state index in [1.807, 2.05) is 0 Å². The maximum atomic E-state index is 10.9. The molecule has 1 aliphatic heterocycles. The van der Waals surface area contributed by atoms with Crippen LogP contribution >= 0.6 is 0 Å². The molecule has 2 rings (SSSR count). The van der Waals surface area contributed by atoms with E-state index in [-0.39, 0.29) is 11.9 Å². The molecule has 0 spiro atoms. The van der Waals surface area contributed by atoms with Crippen molar-refractivity contribution in [2.45, 2.75) is 51.7 Å². The van der Waals surface area contributed by atoms with Crippen LogP contribution in [0.4, 0.5) is 0 Å². The number of rotatable bonds is 4. The summed E-state index contributed by atoms with van der Waals surface area (Å²) in [5.74, 6) is 0.677. The van der Waals surface area contributed by atoms with Gasteiger partial charge in [0.2, 0.25) is 0 Å². The highest BCUT2D eigenvalue weighted by atomic mass is 16.6. The Morgan fingerprint density at radius 2 is 2.25 bits per heavy atom. The quantitative estimate of drug-likeness (QED) is 0.542. The Morgan fingerprint density at radius 1 is 1.44 bits per heavy atom. The third-order valence-electron chi connectivity index (χ3n) is 3.49. The van der Waals surface area contributed by atoms with Crippen LogP contribution in [-0.4, -0.2) is 30.3 Å². The zero-order valence-electron chi connectivity index (χ0n) is 9.94. The van der Waals surface area contributed by atoms with E-state index in [0.717, 1.165) is 12.3 Å². The largest absolute Gasteiger partial charge is 0.393 e. The van der Waals surface area contributed by atoms with Crippen LogP contribution in [0.15, 0.2) is 5.16 Å². The molecule has 1 saturated heterocycles. The molecule has 0 bridgehead atoms. The summed E-state index contributed by atoms with van der Waals surface area (Å²) in [6.45, 7) is 3.61. The van der Waals surface area contributed by atoms with E-state index in [0.29, 0.717) is 18.4 Å². The number of nitrogens with zero attached hydrogens (tertiary/aromatic N) is 1. The fourth-order valence-corrected chi connectivity index (χ4v) is 2.48. The highest BCUT2D eigenvalue weighted by Crippen LogP contribution is 2.38. The van der Waals surface area contributed by atoms with Gasteiger partial charge in [0.1, 0.15) is 12.3 Å². The molecular weight excluding hydrogens is 206 g/mol. The van der Waals surface area contributed by atoms with Gasteiger partial charge >= 0.3 is 0 Å². The number of Topliss-reactive ketones (excluding diaryl/α,β-unsaturated/α-hetero) is 1. The van der Waals surface area contributed by atoms with Gasteiger partial charge in [-0.2, -0.15) is 0 Å². The smallest absolute Gasteiger partial charge is 0.177 e. The van der Waals surface area contributed by atoms with Crippen molar-refractivity contribution in [3.63, 3.8) is 0 Å². The molecule has 1 heterocycles. The van der Waals surface area contributed by atoms with Crippen LogP contribution in [0.2, 0.25) is 0 Å².